The maximum atomic E-state index is 13.7. The fourth-order valence-corrected chi connectivity index (χ4v) is 8.05. The van der Waals surface area contributed by atoms with Crippen molar-refractivity contribution in [3.8, 4) is 11.6 Å². The SMILES string of the molecule is COC(=O)N[C@H](C(=O)N1CCC[C@H]1c1nc2c(ccc3nc(-c4cc5ccc6nc([C@@H]7CCCN7C(=O)[C@@H](NC(=O)O)C(C)C)nc6c5c[nH]4)oc32)[nH]1)C(C)C. The fourth-order valence-electron chi connectivity index (χ4n) is 8.05. The highest BCUT2D eigenvalue weighted by Gasteiger charge is 2.39. The molecule has 6 heterocycles. The molecule has 292 valence electrons. The van der Waals surface area contributed by atoms with Crippen LogP contribution in [0.3, 0.4) is 0 Å². The molecule has 17 nitrogen and oxygen atoms in total. The number of amides is 4. The molecule has 0 radical (unpaired) electrons. The Labute approximate surface area is 320 Å². The normalized spacial score (nSPS) is 18.5. The first kappa shape index (κ1) is 36.7. The van der Waals surface area contributed by atoms with Crippen molar-refractivity contribution in [2.45, 2.75) is 77.5 Å². The van der Waals surface area contributed by atoms with Crippen molar-refractivity contribution in [1.82, 2.24) is 50.3 Å². The number of nitrogens with zero attached hydrogens (tertiary/aromatic N) is 6. The lowest BCUT2D eigenvalue weighted by molar-refractivity contribution is -0.136. The minimum atomic E-state index is -1.24. The van der Waals surface area contributed by atoms with Crippen molar-refractivity contribution in [3.63, 3.8) is 0 Å². The Hall–Kier alpha value is -6.26. The second-order valence-electron chi connectivity index (χ2n) is 15.2. The summed E-state index contributed by atoms with van der Waals surface area (Å²) in [5, 5.41) is 16.1. The first-order valence-corrected chi connectivity index (χ1v) is 18.9. The Morgan fingerprint density at radius 3 is 2.23 bits per heavy atom. The average Bonchev–Trinajstić information content (AvgIpc) is 4.02. The lowest BCUT2D eigenvalue weighted by Gasteiger charge is -2.29. The number of oxazole rings is 1. The van der Waals surface area contributed by atoms with Gasteiger partial charge in [0.2, 0.25) is 17.7 Å². The number of fused-ring (bicyclic) bond motifs is 6. The van der Waals surface area contributed by atoms with Gasteiger partial charge in [-0.1, -0.05) is 33.8 Å². The quantitative estimate of drug-likeness (QED) is 0.118. The van der Waals surface area contributed by atoms with E-state index in [2.05, 4.69) is 20.6 Å². The van der Waals surface area contributed by atoms with E-state index in [-0.39, 0.29) is 35.7 Å². The summed E-state index contributed by atoms with van der Waals surface area (Å²) >= 11 is 0. The van der Waals surface area contributed by atoms with Crippen LogP contribution in [-0.2, 0) is 14.3 Å². The minimum Gasteiger partial charge on any atom is -0.465 e. The van der Waals surface area contributed by atoms with Crippen molar-refractivity contribution in [1.29, 1.82) is 0 Å². The van der Waals surface area contributed by atoms with Crippen molar-refractivity contribution in [3.05, 3.63) is 48.2 Å². The number of pyridine rings is 1. The van der Waals surface area contributed by atoms with Crippen LogP contribution in [0.2, 0.25) is 0 Å². The summed E-state index contributed by atoms with van der Waals surface area (Å²) in [5.74, 6) is 0.707. The molecule has 8 rings (SSSR count). The molecule has 6 aromatic rings. The number of carbonyl (C=O) groups is 4. The second kappa shape index (κ2) is 14.4. The molecule has 56 heavy (non-hydrogen) atoms. The monoisotopic (exact) mass is 764 g/mol. The number of hydrogen-bond donors (Lipinski definition) is 5. The van der Waals surface area contributed by atoms with Gasteiger partial charge >= 0.3 is 12.2 Å². The van der Waals surface area contributed by atoms with Crippen LogP contribution in [0.25, 0.3) is 55.5 Å². The highest BCUT2D eigenvalue weighted by Crippen LogP contribution is 2.37. The van der Waals surface area contributed by atoms with Crippen LogP contribution in [0, 0.1) is 11.8 Å². The van der Waals surface area contributed by atoms with Gasteiger partial charge in [0.15, 0.2) is 11.4 Å². The Bertz CT molecular complexity index is 2500. The van der Waals surface area contributed by atoms with Crippen molar-refractivity contribution in [2.24, 2.45) is 11.8 Å². The maximum Gasteiger partial charge on any atom is 0.407 e. The number of likely N-dealkylation sites (tertiary alicyclic amines) is 2. The Morgan fingerprint density at radius 2 is 1.54 bits per heavy atom. The largest absolute Gasteiger partial charge is 0.465 e. The molecule has 4 amide bonds. The van der Waals surface area contributed by atoms with Gasteiger partial charge in [-0.05, 0) is 67.2 Å². The zero-order chi connectivity index (χ0) is 39.4. The summed E-state index contributed by atoms with van der Waals surface area (Å²) in [6.45, 7) is 8.43. The topological polar surface area (TPSA) is 225 Å². The van der Waals surface area contributed by atoms with Gasteiger partial charge < -0.3 is 44.7 Å². The number of nitrogens with one attached hydrogen (secondary N) is 4. The summed E-state index contributed by atoms with van der Waals surface area (Å²) in [4.78, 5) is 80.3. The number of ether oxygens (including phenoxy) is 1. The van der Waals surface area contributed by atoms with E-state index in [1.807, 2.05) is 64.2 Å². The molecule has 0 bridgehead atoms. The average molecular weight is 765 g/mol. The molecule has 0 aliphatic carbocycles. The molecular weight excluding hydrogens is 720 g/mol. The van der Waals surface area contributed by atoms with Crippen LogP contribution in [-0.4, -0.2) is 101 Å². The Kier molecular flexibility index (Phi) is 9.46. The highest BCUT2D eigenvalue weighted by molar-refractivity contribution is 6.05. The highest BCUT2D eigenvalue weighted by atomic mass is 16.5. The molecule has 4 atom stereocenters. The van der Waals surface area contributed by atoms with E-state index in [9.17, 15) is 24.3 Å². The molecule has 0 saturated carbocycles. The molecule has 2 saturated heterocycles. The summed E-state index contributed by atoms with van der Waals surface area (Å²) in [6, 6.07) is 7.29. The van der Waals surface area contributed by atoms with Gasteiger partial charge in [-0.2, -0.15) is 0 Å². The van der Waals surface area contributed by atoms with Gasteiger partial charge in [-0.3, -0.25) is 9.59 Å². The molecule has 2 aliphatic heterocycles. The number of carboxylic acid groups (broad SMARTS) is 1. The molecular formula is C39H44N10O7. The molecule has 2 aromatic carbocycles. The zero-order valence-corrected chi connectivity index (χ0v) is 31.8. The fraction of sp³-hybridized carbons (Fsp3) is 0.436. The number of H-pyrrole nitrogens is 2. The van der Waals surface area contributed by atoms with Crippen LogP contribution in [0.15, 0.2) is 40.9 Å². The first-order chi connectivity index (χ1) is 26.9. The number of imidazole rings is 2. The minimum absolute atomic E-state index is 0.146. The Morgan fingerprint density at radius 1 is 0.857 bits per heavy atom. The van der Waals surface area contributed by atoms with Gasteiger partial charge in [0, 0.05) is 24.7 Å². The molecule has 17 heteroatoms. The standard InChI is InChI=1S/C39H44N10O7/c1-18(2)28(46-38(52)53)36(50)48-14-6-8-26(48)33-41-22-11-10-20-16-25(40-17-21(20)30(22)44-33)35-43-24-13-12-23-31(32(24)56-35)45-34(42-23)27-9-7-15-49(27)37(51)29(19(3)4)47-39(54)55-5/h10-13,16-19,26-29,40,46H,6-9,14-15H2,1-5H3,(H,42,45)(H,47,54)(H,52,53)/t26-,27-,28-,29-/m0/s1. The Balaban J connectivity index is 1.07. The number of aromatic nitrogens is 6. The summed E-state index contributed by atoms with van der Waals surface area (Å²) in [5.41, 5.74) is 4.50. The van der Waals surface area contributed by atoms with E-state index in [4.69, 9.17) is 29.1 Å². The van der Waals surface area contributed by atoms with Crippen molar-refractivity contribution >= 4 is 67.9 Å². The molecule has 5 N–H and O–H groups in total. The van der Waals surface area contributed by atoms with Gasteiger partial charge in [0.25, 0.3) is 0 Å². The first-order valence-electron chi connectivity index (χ1n) is 18.9. The van der Waals surface area contributed by atoms with E-state index >= 15 is 0 Å². The number of alkyl carbamates (subject to hydrolysis) is 1. The lowest BCUT2D eigenvalue weighted by atomic mass is 10.0. The summed E-state index contributed by atoms with van der Waals surface area (Å²) in [7, 11) is 1.27. The number of rotatable bonds is 9. The number of benzene rings is 2. The maximum absolute atomic E-state index is 13.7. The van der Waals surface area contributed by atoms with Crippen molar-refractivity contribution in [2.75, 3.05) is 20.2 Å². The van der Waals surface area contributed by atoms with Gasteiger partial charge in [-0.15, -0.1) is 0 Å². The molecule has 0 unspecified atom stereocenters. The van der Waals surface area contributed by atoms with E-state index < -0.39 is 24.3 Å². The molecule has 2 aliphatic rings. The van der Waals surface area contributed by atoms with E-state index in [1.54, 1.807) is 9.80 Å². The number of carbonyl (C=O) groups excluding carboxylic acids is 3. The van der Waals surface area contributed by atoms with Gasteiger partial charge in [0.05, 0.1) is 30.2 Å². The van der Waals surface area contributed by atoms with Crippen LogP contribution in [0.1, 0.15) is 77.1 Å². The van der Waals surface area contributed by atoms with Crippen LogP contribution in [0.5, 0.6) is 0 Å². The number of methoxy groups -OCH3 is 1. The lowest BCUT2D eigenvalue weighted by Crippen LogP contribution is -2.51. The zero-order valence-electron chi connectivity index (χ0n) is 31.8. The van der Waals surface area contributed by atoms with E-state index in [0.717, 1.165) is 29.1 Å². The third-order valence-electron chi connectivity index (χ3n) is 10.9. The number of aromatic amines is 2. The summed E-state index contributed by atoms with van der Waals surface area (Å²) < 4.78 is 11.1. The summed E-state index contributed by atoms with van der Waals surface area (Å²) in [6.07, 6.45) is 2.91. The van der Waals surface area contributed by atoms with E-state index in [0.29, 0.717) is 76.8 Å². The van der Waals surface area contributed by atoms with Gasteiger partial charge in [0.1, 0.15) is 40.2 Å². The molecule has 2 fully saturated rings. The van der Waals surface area contributed by atoms with Crippen LogP contribution >= 0.6 is 0 Å². The van der Waals surface area contributed by atoms with Crippen LogP contribution in [0.4, 0.5) is 9.59 Å². The third-order valence-corrected chi connectivity index (χ3v) is 10.9. The molecule has 0 spiro atoms. The number of hydrogen-bond acceptors (Lipinski definition) is 10. The van der Waals surface area contributed by atoms with Gasteiger partial charge in [-0.25, -0.2) is 29.5 Å². The van der Waals surface area contributed by atoms with E-state index in [1.165, 1.54) is 7.11 Å². The van der Waals surface area contributed by atoms with Crippen LogP contribution < -0.4 is 10.6 Å². The predicted molar refractivity (Wildman–Crippen MR) is 205 cm³/mol. The third kappa shape index (κ3) is 6.49. The second-order valence-corrected chi connectivity index (χ2v) is 15.2. The molecule has 4 aromatic heterocycles. The van der Waals surface area contributed by atoms with Crippen molar-refractivity contribution < 1.29 is 33.4 Å². The predicted octanol–water partition coefficient (Wildman–Crippen LogP) is 5.80. The smallest absolute Gasteiger partial charge is 0.407 e.